The zero-order valence-electron chi connectivity index (χ0n) is 12.6. The molecule has 0 unspecified atom stereocenters. The minimum Gasteiger partial charge on any atom is -0.424 e. The molecule has 0 aliphatic heterocycles. The fraction of sp³-hybridized carbons (Fsp3) is 0.429. The molecule has 5 nitrogen and oxygen atoms in total. The Morgan fingerprint density at radius 2 is 2.09 bits per heavy atom. The van der Waals surface area contributed by atoms with Gasteiger partial charge in [0.05, 0.1) is 16.4 Å². The van der Waals surface area contributed by atoms with Gasteiger partial charge in [0.25, 0.3) is 0 Å². The number of alkyl halides is 3. The summed E-state index contributed by atoms with van der Waals surface area (Å²) in [4.78, 5) is 4.06. The van der Waals surface area contributed by atoms with Crippen LogP contribution in [0, 0.1) is 18.3 Å². The molecule has 1 atom stereocenters. The molecule has 0 fully saturated rings. The summed E-state index contributed by atoms with van der Waals surface area (Å²) in [6.45, 7) is 5.00. The zero-order valence-corrected chi connectivity index (χ0v) is 13.4. The van der Waals surface area contributed by atoms with Crippen molar-refractivity contribution in [3.63, 3.8) is 0 Å². The van der Waals surface area contributed by atoms with Gasteiger partial charge in [-0.1, -0.05) is 18.7 Å². The van der Waals surface area contributed by atoms with E-state index >= 15 is 0 Å². The summed E-state index contributed by atoms with van der Waals surface area (Å²) in [7, 11) is 0. The number of aryl methyl sites for hydroxylation is 2. The van der Waals surface area contributed by atoms with Crippen LogP contribution >= 0.6 is 11.8 Å². The summed E-state index contributed by atoms with van der Waals surface area (Å²) < 4.78 is 44.6. The molecule has 2 aromatic heterocycles. The van der Waals surface area contributed by atoms with Crippen molar-refractivity contribution in [3.8, 4) is 6.07 Å². The van der Waals surface area contributed by atoms with E-state index in [9.17, 15) is 13.2 Å². The van der Waals surface area contributed by atoms with Crippen LogP contribution < -0.4 is 0 Å². The van der Waals surface area contributed by atoms with Crippen LogP contribution in [0.1, 0.15) is 47.7 Å². The number of rotatable bonds is 4. The first-order valence-electron chi connectivity index (χ1n) is 6.74. The van der Waals surface area contributed by atoms with Gasteiger partial charge >= 0.3 is 6.18 Å². The number of nitrogens with zero attached hydrogens (tertiary/aromatic N) is 4. The summed E-state index contributed by atoms with van der Waals surface area (Å²) in [6.07, 6.45) is -4.05. The maximum Gasteiger partial charge on any atom is 0.417 e. The van der Waals surface area contributed by atoms with Gasteiger partial charge in [-0.05, 0) is 19.9 Å². The third-order valence-electron chi connectivity index (χ3n) is 2.95. The molecule has 0 radical (unpaired) electrons. The number of hydrogen-bond acceptors (Lipinski definition) is 6. The fourth-order valence-corrected chi connectivity index (χ4v) is 2.85. The molecule has 0 spiro atoms. The van der Waals surface area contributed by atoms with Crippen molar-refractivity contribution in [1.82, 2.24) is 15.2 Å². The van der Waals surface area contributed by atoms with Gasteiger partial charge in [0.1, 0.15) is 11.1 Å². The van der Waals surface area contributed by atoms with Gasteiger partial charge in [-0.3, -0.25) is 0 Å². The van der Waals surface area contributed by atoms with Gasteiger partial charge in [0, 0.05) is 12.1 Å². The van der Waals surface area contributed by atoms with Crippen molar-refractivity contribution in [2.24, 2.45) is 0 Å². The van der Waals surface area contributed by atoms with Crippen LogP contribution in [0.25, 0.3) is 0 Å². The molecule has 0 aliphatic carbocycles. The van der Waals surface area contributed by atoms with E-state index in [4.69, 9.17) is 9.68 Å². The van der Waals surface area contributed by atoms with E-state index in [0.29, 0.717) is 12.3 Å². The Balaban J connectivity index is 2.39. The van der Waals surface area contributed by atoms with E-state index in [0.717, 1.165) is 17.8 Å². The minimum atomic E-state index is -4.61. The molecule has 2 aromatic rings. The Morgan fingerprint density at radius 3 is 2.61 bits per heavy atom. The van der Waals surface area contributed by atoms with Crippen molar-refractivity contribution in [2.75, 3.05) is 0 Å². The Bertz CT molecular complexity index is 751. The molecule has 0 bridgehead atoms. The SMILES string of the molecule is CCc1nnc([C@@H](C)Sc2nc(C)cc(C(F)(F)F)c2C#N)o1. The monoisotopic (exact) mass is 342 g/mol. The lowest BCUT2D eigenvalue weighted by Crippen LogP contribution is -2.11. The molecule has 2 heterocycles. The van der Waals surface area contributed by atoms with Crippen LogP contribution in [-0.2, 0) is 12.6 Å². The predicted molar refractivity (Wildman–Crippen MR) is 76.6 cm³/mol. The topological polar surface area (TPSA) is 75.6 Å². The maximum atomic E-state index is 13.1. The lowest BCUT2D eigenvalue weighted by Gasteiger charge is -2.14. The van der Waals surface area contributed by atoms with Crippen LogP contribution in [0.2, 0.25) is 0 Å². The van der Waals surface area contributed by atoms with Crippen LogP contribution in [0.3, 0.4) is 0 Å². The highest BCUT2D eigenvalue weighted by atomic mass is 32.2. The van der Waals surface area contributed by atoms with E-state index in [1.165, 1.54) is 6.92 Å². The van der Waals surface area contributed by atoms with E-state index in [1.54, 1.807) is 13.0 Å². The Morgan fingerprint density at radius 1 is 1.39 bits per heavy atom. The first-order valence-corrected chi connectivity index (χ1v) is 7.62. The second-order valence-electron chi connectivity index (χ2n) is 4.75. The summed E-state index contributed by atoms with van der Waals surface area (Å²) in [5, 5.41) is 16.4. The molecule has 0 amide bonds. The van der Waals surface area contributed by atoms with E-state index < -0.39 is 22.6 Å². The van der Waals surface area contributed by atoms with Gasteiger partial charge in [0.2, 0.25) is 11.8 Å². The first kappa shape index (κ1) is 17.3. The Kier molecular flexibility index (Phi) is 4.94. The first-order chi connectivity index (χ1) is 10.8. The molecule has 23 heavy (non-hydrogen) atoms. The lowest BCUT2D eigenvalue weighted by molar-refractivity contribution is -0.138. The number of nitriles is 1. The highest BCUT2D eigenvalue weighted by molar-refractivity contribution is 7.99. The van der Waals surface area contributed by atoms with Gasteiger partial charge in [-0.15, -0.1) is 10.2 Å². The molecular weight excluding hydrogens is 329 g/mol. The van der Waals surface area contributed by atoms with Crippen molar-refractivity contribution in [3.05, 3.63) is 34.7 Å². The molecule has 9 heteroatoms. The smallest absolute Gasteiger partial charge is 0.417 e. The average Bonchev–Trinajstić information content (AvgIpc) is 2.94. The third-order valence-corrected chi connectivity index (χ3v) is 4.03. The van der Waals surface area contributed by atoms with Gasteiger partial charge < -0.3 is 4.42 Å². The van der Waals surface area contributed by atoms with Gasteiger partial charge in [-0.25, -0.2) is 4.98 Å². The van der Waals surface area contributed by atoms with Gasteiger partial charge in [-0.2, -0.15) is 18.4 Å². The van der Waals surface area contributed by atoms with Gasteiger partial charge in [0.15, 0.2) is 0 Å². The number of halogens is 3. The standard InChI is InChI=1S/C14H13F3N4OS/c1-4-11-20-21-12(22-11)8(3)23-13-9(6-18)10(14(15,16)17)5-7(2)19-13/h5,8H,4H2,1-3H3/t8-/m1/s1. The number of hydrogen-bond donors (Lipinski definition) is 0. The largest absolute Gasteiger partial charge is 0.424 e. The highest BCUT2D eigenvalue weighted by Gasteiger charge is 2.36. The van der Waals surface area contributed by atoms with Crippen molar-refractivity contribution in [2.45, 2.75) is 43.6 Å². The van der Waals surface area contributed by atoms with Crippen molar-refractivity contribution >= 4 is 11.8 Å². The second kappa shape index (κ2) is 6.58. The average molecular weight is 342 g/mol. The maximum absolute atomic E-state index is 13.1. The van der Waals surface area contributed by atoms with E-state index in [2.05, 4.69) is 15.2 Å². The molecule has 122 valence electrons. The minimum absolute atomic E-state index is 0.00331. The molecule has 0 saturated carbocycles. The van der Waals surface area contributed by atoms with Crippen molar-refractivity contribution in [1.29, 1.82) is 5.26 Å². The number of pyridine rings is 1. The Hall–Kier alpha value is -2.08. The summed E-state index contributed by atoms with van der Waals surface area (Å²) in [5.74, 6) is 0.730. The van der Waals surface area contributed by atoms with Crippen LogP contribution in [-0.4, -0.2) is 15.2 Å². The molecule has 0 N–H and O–H groups in total. The third kappa shape index (κ3) is 3.82. The Labute approximate surface area is 134 Å². The molecule has 0 aromatic carbocycles. The second-order valence-corrected chi connectivity index (χ2v) is 6.08. The van der Waals surface area contributed by atoms with Crippen LogP contribution in [0.4, 0.5) is 13.2 Å². The number of thioether (sulfide) groups is 1. The molecule has 2 rings (SSSR count). The lowest BCUT2D eigenvalue weighted by atomic mass is 10.1. The van der Waals surface area contributed by atoms with Crippen molar-refractivity contribution < 1.29 is 17.6 Å². The zero-order chi connectivity index (χ0) is 17.2. The molecule has 0 aliphatic rings. The fourth-order valence-electron chi connectivity index (χ4n) is 1.85. The number of aromatic nitrogens is 3. The quantitative estimate of drug-likeness (QED) is 0.779. The summed E-state index contributed by atoms with van der Waals surface area (Å²) in [5.41, 5.74) is -1.29. The summed E-state index contributed by atoms with van der Waals surface area (Å²) in [6, 6.07) is 2.47. The summed E-state index contributed by atoms with van der Waals surface area (Å²) >= 11 is 0.986. The van der Waals surface area contributed by atoms with E-state index in [1.807, 2.05) is 6.92 Å². The van der Waals surface area contributed by atoms with Crippen LogP contribution in [0.15, 0.2) is 15.5 Å². The normalized spacial score (nSPS) is 12.9. The van der Waals surface area contributed by atoms with Crippen LogP contribution in [0.5, 0.6) is 0 Å². The predicted octanol–water partition coefficient (Wildman–Crippen LogP) is 4.08. The molecule has 0 saturated heterocycles. The van der Waals surface area contributed by atoms with E-state index in [-0.39, 0.29) is 16.6 Å². The molecular formula is C14H13F3N4OS. The highest BCUT2D eigenvalue weighted by Crippen LogP contribution is 2.40.